The lowest BCUT2D eigenvalue weighted by Gasteiger charge is -2.28. The van der Waals surface area contributed by atoms with Crippen LogP contribution in [0.5, 0.6) is 0 Å². The molecule has 2 aromatic rings. The minimum absolute atomic E-state index is 0.163. The van der Waals surface area contributed by atoms with Gasteiger partial charge < -0.3 is 10.2 Å². The molecule has 98 valence electrons. The molecule has 2 aromatic carbocycles. The van der Waals surface area contributed by atoms with E-state index in [0.29, 0.717) is 0 Å². The average molecular weight is 254 g/mol. The number of amides is 1. The highest BCUT2D eigenvalue weighted by Gasteiger charge is 2.21. The van der Waals surface area contributed by atoms with Crippen molar-refractivity contribution in [3.05, 3.63) is 47.5 Å². The van der Waals surface area contributed by atoms with Crippen LogP contribution in [0, 0.1) is 6.92 Å². The predicted octanol–water partition coefficient (Wildman–Crippen LogP) is 2.19. The number of carbonyl (C=O) groups excluding carboxylic acids is 1. The van der Waals surface area contributed by atoms with Crippen molar-refractivity contribution in [1.82, 2.24) is 10.2 Å². The van der Waals surface area contributed by atoms with Crippen LogP contribution in [0.15, 0.2) is 36.4 Å². The Morgan fingerprint density at radius 1 is 1.11 bits per heavy atom. The first-order chi connectivity index (χ1) is 9.27. The van der Waals surface area contributed by atoms with E-state index in [1.165, 1.54) is 0 Å². The Morgan fingerprint density at radius 2 is 1.84 bits per heavy atom. The monoisotopic (exact) mass is 254 g/mol. The molecule has 3 rings (SSSR count). The summed E-state index contributed by atoms with van der Waals surface area (Å²) >= 11 is 0. The summed E-state index contributed by atoms with van der Waals surface area (Å²) in [7, 11) is 0. The molecule has 0 unspecified atom stereocenters. The van der Waals surface area contributed by atoms with Gasteiger partial charge in [-0.25, -0.2) is 0 Å². The van der Waals surface area contributed by atoms with Crippen molar-refractivity contribution in [2.75, 3.05) is 26.2 Å². The third kappa shape index (κ3) is 2.22. The SMILES string of the molecule is Cc1ccc2ccccc2c1C(=O)N1CCNCC1. The van der Waals surface area contributed by atoms with Crippen molar-refractivity contribution in [3.63, 3.8) is 0 Å². The van der Waals surface area contributed by atoms with Gasteiger partial charge in [-0.15, -0.1) is 0 Å². The number of piperazine rings is 1. The molecule has 1 aliphatic heterocycles. The fraction of sp³-hybridized carbons (Fsp3) is 0.312. The first-order valence-corrected chi connectivity index (χ1v) is 6.76. The molecule has 1 heterocycles. The third-order valence-corrected chi connectivity index (χ3v) is 3.76. The van der Waals surface area contributed by atoms with Gasteiger partial charge in [0, 0.05) is 26.2 Å². The number of aryl methyl sites for hydroxylation is 1. The van der Waals surface area contributed by atoms with E-state index in [1.54, 1.807) is 0 Å². The van der Waals surface area contributed by atoms with Crippen molar-refractivity contribution < 1.29 is 4.79 Å². The zero-order chi connectivity index (χ0) is 13.2. The second kappa shape index (κ2) is 5.02. The molecule has 1 amide bonds. The quantitative estimate of drug-likeness (QED) is 0.846. The second-order valence-electron chi connectivity index (χ2n) is 5.02. The summed E-state index contributed by atoms with van der Waals surface area (Å²) in [6.07, 6.45) is 0. The number of benzene rings is 2. The van der Waals surface area contributed by atoms with E-state index in [-0.39, 0.29) is 5.91 Å². The number of fused-ring (bicyclic) bond motifs is 1. The zero-order valence-electron chi connectivity index (χ0n) is 11.1. The molecule has 0 bridgehead atoms. The van der Waals surface area contributed by atoms with Gasteiger partial charge in [0.1, 0.15) is 0 Å². The summed E-state index contributed by atoms with van der Waals surface area (Å²) in [6, 6.07) is 12.2. The van der Waals surface area contributed by atoms with Gasteiger partial charge in [-0.2, -0.15) is 0 Å². The van der Waals surface area contributed by atoms with Gasteiger partial charge in [0.15, 0.2) is 0 Å². The number of nitrogens with zero attached hydrogens (tertiary/aromatic N) is 1. The Morgan fingerprint density at radius 3 is 2.63 bits per heavy atom. The van der Waals surface area contributed by atoms with Gasteiger partial charge >= 0.3 is 0 Å². The van der Waals surface area contributed by atoms with E-state index < -0.39 is 0 Å². The summed E-state index contributed by atoms with van der Waals surface area (Å²) in [4.78, 5) is 14.7. The lowest BCUT2D eigenvalue weighted by atomic mass is 9.98. The molecule has 1 aliphatic rings. The van der Waals surface area contributed by atoms with Crippen LogP contribution in [-0.2, 0) is 0 Å². The maximum atomic E-state index is 12.7. The number of nitrogens with one attached hydrogen (secondary N) is 1. The summed E-state index contributed by atoms with van der Waals surface area (Å²) in [6.45, 7) is 5.37. The summed E-state index contributed by atoms with van der Waals surface area (Å²) in [5.74, 6) is 0.163. The zero-order valence-corrected chi connectivity index (χ0v) is 11.1. The molecular weight excluding hydrogens is 236 g/mol. The minimum atomic E-state index is 0.163. The first kappa shape index (κ1) is 12.2. The fourth-order valence-electron chi connectivity index (χ4n) is 2.69. The average Bonchev–Trinajstić information content (AvgIpc) is 2.47. The topological polar surface area (TPSA) is 32.3 Å². The number of rotatable bonds is 1. The van der Waals surface area contributed by atoms with Crippen molar-refractivity contribution in [2.45, 2.75) is 6.92 Å². The highest BCUT2D eigenvalue weighted by atomic mass is 16.2. The number of hydrogen-bond acceptors (Lipinski definition) is 2. The molecule has 3 heteroatoms. The van der Waals surface area contributed by atoms with Crippen molar-refractivity contribution in [3.8, 4) is 0 Å². The van der Waals surface area contributed by atoms with E-state index in [1.807, 2.05) is 36.1 Å². The lowest BCUT2D eigenvalue weighted by molar-refractivity contribution is 0.0737. The van der Waals surface area contributed by atoms with Crippen LogP contribution in [-0.4, -0.2) is 37.0 Å². The molecule has 19 heavy (non-hydrogen) atoms. The Labute approximate surface area is 113 Å². The maximum Gasteiger partial charge on any atom is 0.254 e. The molecule has 0 aliphatic carbocycles. The molecule has 0 radical (unpaired) electrons. The van der Waals surface area contributed by atoms with Gasteiger partial charge in [0.25, 0.3) is 5.91 Å². The van der Waals surface area contributed by atoms with E-state index in [9.17, 15) is 4.79 Å². The molecule has 0 atom stereocenters. The van der Waals surface area contributed by atoms with E-state index >= 15 is 0 Å². The Balaban J connectivity index is 2.08. The van der Waals surface area contributed by atoms with Gasteiger partial charge in [0.2, 0.25) is 0 Å². The number of carbonyl (C=O) groups is 1. The summed E-state index contributed by atoms with van der Waals surface area (Å²) in [5, 5.41) is 5.47. The molecule has 3 nitrogen and oxygen atoms in total. The molecule has 0 spiro atoms. The van der Waals surface area contributed by atoms with E-state index in [2.05, 4.69) is 17.4 Å². The maximum absolute atomic E-state index is 12.7. The van der Waals surface area contributed by atoms with Gasteiger partial charge in [-0.1, -0.05) is 36.4 Å². The predicted molar refractivity (Wildman–Crippen MR) is 77.5 cm³/mol. The summed E-state index contributed by atoms with van der Waals surface area (Å²) in [5.41, 5.74) is 1.92. The van der Waals surface area contributed by atoms with Crippen LogP contribution in [0.2, 0.25) is 0 Å². The smallest absolute Gasteiger partial charge is 0.254 e. The van der Waals surface area contributed by atoms with Crippen LogP contribution in [0.3, 0.4) is 0 Å². The Hall–Kier alpha value is -1.87. The molecule has 1 saturated heterocycles. The molecule has 1 fully saturated rings. The Kier molecular flexibility index (Phi) is 3.22. The molecule has 0 aromatic heterocycles. The van der Waals surface area contributed by atoms with Crippen LogP contribution in [0.25, 0.3) is 10.8 Å². The normalized spacial score (nSPS) is 15.7. The third-order valence-electron chi connectivity index (χ3n) is 3.76. The molecule has 0 saturated carbocycles. The summed E-state index contributed by atoms with van der Waals surface area (Å²) < 4.78 is 0. The van der Waals surface area contributed by atoms with Gasteiger partial charge in [0.05, 0.1) is 5.56 Å². The first-order valence-electron chi connectivity index (χ1n) is 6.76. The standard InChI is InChI=1S/C16H18N2O/c1-12-6-7-13-4-2-3-5-14(13)15(12)16(19)18-10-8-17-9-11-18/h2-7,17H,8-11H2,1H3. The van der Waals surface area contributed by atoms with Crippen molar-refractivity contribution in [1.29, 1.82) is 0 Å². The Bertz CT molecular complexity index is 615. The van der Waals surface area contributed by atoms with E-state index in [0.717, 1.165) is 48.1 Å². The van der Waals surface area contributed by atoms with Crippen LogP contribution < -0.4 is 5.32 Å². The van der Waals surface area contributed by atoms with Gasteiger partial charge in [-0.05, 0) is 23.3 Å². The largest absolute Gasteiger partial charge is 0.336 e. The van der Waals surface area contributed by atoms with E-state index in [4.69, 9.17) is 0 Å². The van der Waals surface area contributed by atoms with Crippen molar-refractivity contribution in [2.24, 2.45) is 0 Å². The van der Waals surface area contributed by atoms with Crippen molar-refractivity contribution >= 4 is 16.7 Å². The highest BCUT2D eigenvalue weighted by Crippen LogP contribution is 2.23. The fourth-order valence-corrected chi connectivity index (χ4v) is 2.69. The van der Waals surface area contributed by atoms with Crippen LogP contribution in [0.4, 0.5) is 0 Å². The second-order valence-corrected chi connectivity index (χ2v) is 5.02. The number of hydrogen-bond donors (Lipinski definition) is 1. The highest BCUT2D eigenvalue weighted by molar-refractivity contribution is 6.08. The van der Waals surface area contributed by atoms with Crippen LogP contribution >= 0.6 is 0 Å². The van der Waals surface area contributed by atoms with Crippen LogP contribution in [0.1, 0.15) is 15.9 Å². The molecule has 1 N–H and O–H groups in total. The minimum Gasteiger partial charge on any atom is -0.336 e. The van der Waals surface area contributed by atoms with Gasteiger partial charge in [-0.3, -0.25) is 4.79 Å². The molecular formula is C16H18N2O. The lowest BCUT2D eigenvalue weighted by Crippen LogP contribution is -2.46.